The van der Waals surface area contributed by atoms with Gasteiger partial charge in [-0.25, -0.2) is 4.98 Å². The van der Waals surface area contributed by atoms with Gasteiger partial charge >= 0.3 is 0 Å². The molecule has 2 aromatic carbocycles. The van der Waals surface area contributed by atoms with Gasteiger partial charge < -0.3 is 19.7 Å². The van der Waals surface area contributed by atoms with E-state index in [-0.39, 0.29) is 11.6 Å². The average molecular weight is 406 g/mol. The molecule has 1 N–H and O–H groups in total. The number of nitrogens with one attached hydrogen (secondary N) is 1. The van der Waals surface area contributed by atoms with Crippen molar-refractivity contribution in [2.75, 3.05) is 32.6 Å². The summed E-state index contributed by atoms with van der Waals surface area (Å²) in [4.78, 5) is 36.4. The zero-order chi connectivity index (χ0) is 21.1. The number of ether oxygens (including phenoxy) is 2. The molecule has 1 aromatic heterocycles. The SMILES string of the molecule is COc1cc(NC(=O)c2cnc3ccccc3n2)c(C(=O)N2CCCC2)cc1OC. The smallest absolute Gasteiger partial charge is 0.275 e. The quantitative estimate of drug-likeness (QED) is 0.700. The van der Waals surface area contributed by atoms with E-state index in [4.69, 9.17) is 9.47 Å². The largest absolute Gasteiger partial charge is 0.493 e. The van der Waals surface area contributed by atoms with Crippen LogP contribution in [0.1, 0.15) is 33.7 Å². The van der Waals surface area contributed by atoms with Crippen LogP contribution in [0.3, 0.4) is 0 Å². The van der Waals surface area contributed by atoms with Crippen molar-refractivity contribution in [2.45, 2.75) is 12.8 Å². The molecule has 30 heavy (non-hydrogen) atoms. The van der Waals surface area contributed by atoms with Crippen molar-refractivity contribution in [3.05, 3.63) is 53.9 Å². The molecule has 3 aromatic rings. The highest BCUT2D eigenvalue weighted by Gasteiger charge is 2.25. The average Bonchev–Trinajstić information content (AvgIpc) is 3.33. The molecule has 8 nitrogen and oxygen atoms in total. The third-order valence-corrected chi connectivity index (χ3v) is 5.08. The first kappa shape index (κ1) is 19.6. The van der Waals surface area contributed by atoms with E-state index in [9.17, 15) is 9.59 Å². The summed E-state index contributed by atoms with van der Waals surface area (Å²) in [6.45, 7) is 1.38. The fraction of sp³-hybridized carbons (Fsp3) is 0.273. The minimum Gasteiger partial charge on any atom is -0.493 e. The van der Waals surface area contributed by atoms with Crippen molar-refractivity contribution in [3.63, 3.8) is 0 Å². The second kappa shape index (κ2) is 8.36. The molecule has 0 bridgehead atoms. The number of para-hydroxylation sites is 2. The Hall–Kier alpha value is -3.68. The maximum Gasteiger partial charge on any atom is 0.275 e. The highest BCUT2D eigenvalue weighted by molar-refractivity contribution is 6.09. The third-order valence-electron chi connectivity index (χ3n) is 5.08. The van der Waals surface area contributed by atoms with Crippen molar-refractivity contribution in [1.82, 2.24) is 14.9 Å². The molecule has 2 amide bonds. The summed E-state index contributed by atoms with van der Waals surface area (Å²) in [7, 11) is 3.01. The number of aromatic nitrogens is 2. The highest BCUT2D eigenvalue weighted by Crippen LogP contribution is 2.34. The Kier molecular flexibility index (Phi) is 5.47. The first-order chi connectivity index (χ1) is 14.6. The lowest BCUT2D eigenvalue weighted by Gasteiger charge is -2.20. The number of nitrogens with zero attached hydrogens (tertiary/aromatic N) is 3. The molecule has 0 atom stereocenters. The zero-order valence-electron chi connectivity index (χ0n) is 16.8. The molecule has 154 valence electrons. The maximum absolute atomic E-state index is 13.1. The number of hydrogen-bond donors (Lipinski definition) is 1. The summed E-state index contributed by atoms with van der Waals surface area (Å²) < 4.78 is 10.7. The van der Waals surface area contributed by atoms with Gasteiger partial charge in [0.2, 0.25) is 0 Å². The number of benzene rings is 2. The molecule has 0 aliphatic carbocycles. The van der Waals surface area contributed by atoms with Crippen LogP contribution in [-0.2, 0) is 0 Å². The van der Waals surface area contributed by atoms with Crippen molar-refractivity contribution in [1.29, 1.82) is 0 Å². The predicted molar refractivity (Wildman–Crippen MR) is 112 cm³/mol. The molecular weight excluding hydrogens is 384 g/mol. The number of carbonyl (C=O) groups excluding carboxylic acids is 2. The lowest BCUT2D eigenvalue weighted by Crippen LogP contribution is -2.29. The summed E-state index contributed by atoms with van der Waals surface area (Å²) in [5.74, 6) is 0.211. The van der Waals surface area contributed by atoms with E-state index < -0.39 is 5.91 Å². The van der Waals surface area contributed by atoms with Gasteiger partial charge in [0.25, 0.3) is 11.8 Å². The summed E-state index contributed by atoms with van der Waals surface area (Å²) in [6, 6.07) is 10.5. The Bertz CT molecular complexity index is 1110. The molecule has 0 unspecified atom stereocenters. The van der Waals surface area contributed by atoms with Crippen LogP contribution in [0.4, 0.5) is 5.69 Å². The second-order valence-electron chi connectivity index (χ2n) is 6.95. The van der Waals surface area contributed by atoms with Crippen LogP contribution in [-0.4, -0.2) is 54.0 Å². The van der Waals surface area contributed by atoms with Gasteiger partial charge in [-0.3, -0.25) is 14.6 Å². The van der Waals surface area contributed by atoms with E-state index >= 15 is 0 Å². The van der Waals surface area contributed by atoms with Crippen LogP contribution in [0, 0.1) is 0 Å². The van der Waals surface area contributed by atoms with Gasteiger partial charge in [-0.15, -0.1) is 0 Å². The van der Waals surface area contributed by atoms with E-state index in [0.29, 0.717) is 46.9 Å². The number of amides is 2. The van der Waals surface area contributed by atoms with E-state index in [1.54, 1.807) is 23.1 Å². The van der Waals surface area contributed by atoms with Crippen LogP contribution < -0.4 is 14.8 Å². The Morgan fingerprint density at radius 2 is 1.67 bits per heavy atom. The molecule has 2 heterocycles. The second-order valence-corrected chi connectivity index (χ2v) is 6.95. The Balaban J connectivity index is 1.70. The number of rotatable bonds is 5. The number of hydrogen-bond acceptors (Lipinski definition) is 6. The number of methoxy groups -OCH3 is 2. The first-order valence-corrected chi connectivity index (χ1v) is 9.69. The number of carbonyl (C=O) groups is 2. The first-order valence-electron chi connectivity index (χ1n) is 9.69. The van der Waals surface area contributed by atoms with Gasteiger partial charge in [0.05, 0.1) is 42.7 Å². The Labute approximate surface area is 173 Å². The Morgan fingerprint density at radius 3 is 2.37 bits per heavy atom. The van der Waals surface area contributed by atoms with Crippen molar-refractivity contribution in [3.8, 4) is 11.5 Å². The van der Waals surface area contributed by atoms with Gasteiger partial charge in [-0.2, -0.15) is 0 Å². The topological polar surface area (TPSA) is 93.7 Å². The molecule has 1 fully saturated rings. The fourth-order valence-corrected chi connectivity index (χ4v) is 3.50. The summed E-state index contributed by atoms with van der Waals surface area (Å²) in [5, 5.41) is 2.80. The van der Waals surface area contributed by atoms with Crippen LogP contribution in [0.2, 0.25) is 0 Å². The van der Waals surface area contributed by atoms with Crippen molar-refractivity contribution < 1.29 is 19.1 Å². The van der Waals surface area contributed by atoms with E-state index in [1.807, 2.05) is 18.2 Å². The molecule has 1 aliphatic heterocycles. The number of fused-ring (bicyclic) bond motifs is 1. The Morgan fingerprint density at radius 1 is 1.00 bits per heavy atom. The normalized spacial score (nSPS) is 13.3. The van der Waals surface area contributed by atoms with Gasteiger partial charge in [0.15, 0.2) is 11.5 Å². The van der Waals surface area contributed by atoms with Crippen molar-refractivity contribution >= 4 is 28.5 Å². The van der Waals surface area contributed by atoms with Crippen LogP contribution in [0.5, 0.6) is 11.5 Å². The minimum atomic E-state index is -0.462. The summed E-state index contributed by atoms with van der Waals surface area (Å²) in [6.07, 6.45) is 3.35. The maximum atomic E-state index is 13.1. The highest BCUT2D eigenvalue weighted by atomic mass is 16.5. The lowest BCUT2D eigenvalue weighted by atomic mass is 10.1. The van der Waals surface area contributed by atoms with Crippen molar-refractivity contribution in [2.24, 2.45) is 0 Å². The zero-order valence-corrected chi connectivity index (χ0v) is 16.8. The molecular formula is C22H22N4O4. The van der Waals surface area contributed by atoms with Gasteiger partial charge in [0, 0.05) is 19.2 Å². The molecule has 0 saturated carbocycles. The van der Waals surface area contributed by atoms with E-state index in [0.717, 1.165) is 12.8 Å². The van der Waals surface area contributed by atoms with Crippen LogP contribution >= 0.6 is 0 Å². The summed E-state index contributed by atoms with van der Waals surface area (Å²) in [5.41, 5.74) is 2.15. The monoisotopic (exact) mass is 406 g/mol. The predicted octanol–water partition coefficient (Wildman–Crippen LogP) is 3.14. The lowest BCUT2D eigenvalue weighted by molar-refractivity contribution is 0.0793. The van der Waals surface area contributed by atoms with E-state index in [2.05, 4.69) is 15.3 Å². The molecule has 1 saturated heterocycles. The number of likely N-dealkylation sites (tertiary alicyclic amines) is 1. The third kappa shape index (κ3) is 3.76. The van der Waals surface area contributed by atoms with Gasteiger partial charge in [-0.1, -0.05) is 12.1 Å². The minimum absolute atomic E-state index is 0.156. The fourth-order valence-electron chi connectivity index (χ4n) is 3.50. The van der Waals surface area contributed by atoms with Gasteiger partial charge in [0.1, 0.15) is 5.69 Å². The molecule has 1 aliphatic rings. The van der Waals surface area contributed by atoms with Crippen LogP contribution in [0.25, 0.3) is 11.0 Å². The van der Waals surface area contributed by atoms with Crippen LogP contribution in [0.15, 0.2) is 42.6 Å². The van der Waals surface area contributed by atoms with E-state index in [1.165, 1.54) is 20.4 Å². The number of anilines is 1. The van der Waals surface area contributed by atoms with Gasteiger partial charge in [-0.05, 0) is 31.0 Å². The molecule has 0 radical (unpaired) electrons. The summed E-state index contributed by atoms with van der Waals surface area (Å²) >= 11 is 0. The molecule has 0 spiro atoms. The molecule has 4 rings (SSSR count). The standard InChI is InChI=1S/C22H22N4O4/c1-29-19-11-14(22(28)26-9-5-6-10-26)17(12-20(19)30-2)25-21(27)18-13-23-15-7-3-4-8-16(15)24-18/h3-4,7-8,11-13H,5-6,9-10H2,1-2H3,(H,25,27). The molecule has 8 heteroatoms.